The molecule has 128 valence electrons. The molecule has 0 atom stereocenters. The van der Waals surface area contributed by atoms with Gasteiger partial charge in [0.15, 0.2) is 0 Å². The van der Waals surface area contributed by atoms with Crippen molar-refractivity contribution in [2.45, 2.75) is 45.6 Å². The van der Waals surface area contributed by atoms with E-state index in [1.165, 1.54) is 38.0 Å². The number of allylic oxidation sites excluding steroid dienone is 3. The summed E-state index contributed by atoms with van der Waals surface area (Å²) in [6.45, 7) is 17.2. The van der Waals surface area contributed by atoms with Crippen LogP contribution < -0.4 is 5.32 Å². The number of rotatable bonds is 9. The van der Waals surface area contributed by atoms with Crippen LogP contribution in [0.2, 0.25) is 0 Å². The van der Waals surface area contributed by atoms with Crippen molar-refractivity contribution in [2.24, 2.45) is 5.92 Å². The molecular weight excluding hydrogens is 288 g/mol. The molecule has 1 N–H and O–H groups in total. The predicted octanol–water partition coefficient (Wildman–Crippen LogP) is 4.32. The standard InChI is InChI=1S/C18H32N2.CH4S/c1-5-6-7-8-17(4)11-14-20(15-16(2)3)18-9-12-19-13-10-18;1-2/h5-7,16,18-19H,1,4,8-15H2,2-3H3;2H,1H3/b7-6-;. The minimum absolute atomic E-state index is 0.735. The predicted molar refractivity (Wildman–Crippen MR) is 105 cm³/mol. The van der Waals surface area contributed by atoms with Crippen LogP contribution in [0.3, 0.4) is 0 Å². The lowest BCUT2D eigenvalue weighted by Crippen LogP contribution is -2.45. The van der Waals surface area contributed by atoms with Gasteiger partial charge in [-0.2, -0.15) is 12.6 Å². The summed E-state index contributed by atoms with van der Waals surface area (Å²) in [4.78, 5) is 2.69. The summed E-state index contributed by atoms with van der Waals surface area (Å²) in [7, 11) is 0. The Morgan fingerprint density at radius 1 is 1.32 bits per heavy atom. The van der Waals surface area contributed by atoms with E-state index in [2.05, 4.69) is 55.9 Å². The number of nitrogens with zero attached hydrogens (tertiary/aromatic N) is 1. The van der Waals surface area contributed by atoms with E-state index in [9.17, 15) is 0 Å². The smallest absolute Gasteiger partial charge is 0.0120 e. The lowest BCUT2D eigenvalue weighted by molar-refractivity contribution is 0.147. The summed E-state index contributed by atoms with van der Waals surface area (Å²) in [6, 6.07) is 0.759. The van der Waals surface area contributed by atoms with E-state index < -0.39 is 0 Å². The van der Waals surface area contributed by atoms with Gasteiger partial charge >= 0.3 is 0 Å². The Balaban J connectivity index is 0.00000211. The van der Waals surface area contributed by atoms with Crippen LogP contribution in [0, 0.1) is 5.92 Å². The van der Waals surface area contributed by atoms with Crippen LogP contribution in [0.1, 0.15) is 39.5 Å². The van der Waals surface area contributed by atoms with Crippen LogP contribution in [0.4, 0.5) is 0 Å². The van der Waals surface area contributed by atoms with E-state index in [1.54, 1.807) is 6.26 Å². The van der Waals surface area contributed by atoms with Gasteiger partial charge in [-0.1, -0.05) is 50.8 Å². The molecule has 0 unspecified atom stereocenters. The first-order valence-corrected chi connectivity index (χ1v) is 9.36. The number of hydrogen-bond acceptors (Lipinski definition) is 3. The zero-order valence-electron chi connectivity index (χ0n) is 14.9. The Kier molecular flexibility index (Phi) is 13.8. The van der Waals surface area contributed by atoms with Gasteiger partial charge in [0.05, 0.1) is 0 Å². The first-order valence-electron chi connectivity index (χ1n) is 8.47. The normalized spacial score (nSPS) is 15.9. The average Bonchev–Trinajstić information content (AvgIpc) is 2.54. The van der Waals surface area contributed by atoms with E-state index in [4.69, 9.17) is 0 Å². The molecule has 0 aromatic rings. The molecule has 1 fully saturated rings. The minimum Gasteiger partial charge on any atom is -0.317 e. The van der Waals surface area contributed by atoms with E-state index in [-0.39, 0.29) is 0 Å². The SMILES string of the molecule is C=C/C=C\CC(=C)CCN(CC(C)C)C1CCNCC1.CS. The zero-order chi connectivity index (χ0) is 16.8. The maximum atomic E-state index is 4.20. The fourth-order valence-electron chi connectivity index (χ4n) is 2.80. The third kappa shape index (κ3) is 10.3. The summed E-state index contributed by atoms with van der Waals surface area (Å²) < 4.78 is 0. The molecule has 2 nitrogen and oxygen atoms in total. The van der Waals surface area contributed by atoms with Gasteiger partial charge in [-0.05, 0) is 50.9 Å². The Morgan fingerprint density at radius 2 is 1.95 bits per heavy atom. The van der Waals surface area contributed by atoms with Crippen LogP contribution in [0.15, 0.2) is 37.0 Å². The Hall–Kier alpha value is -0.510. The lowest BCUT2D eigenvalue weighted by Gasteiger charge is -2.36. The first-order chi connectivity index (χ1) is 10.6. The Labute approximate surface area is 144 Å². The van der Waals surface area contributed by atoms with E-state index in [0.717, 1.165) is 31.3 Å². The summed E-state index contributed by atoms with van der Waals surface area (Å²) in [5.41, 5.74) is 1.32. The summed E-state index contributed by atoms with van der Waals surface area (Å²) >= 11 is 3.53. The topological polar surface area (TPSA) is 15.3 Å². The van der Waals surface area contributed by atoms with E-state index >= 15 is 0 Å². The summed E-state index contributed by atoms with van der Waals surface area (Å²) in [6.07, 6.45) is 12.3. The highest BCUT2D eigenvalue weighted by molar-refractivity contribution is 7.79. The number of thiol groups is 1. The second-order valence-electron chi connectivity index (χ2n) is 6.24. The largest absolute Gasteiger partial charge is 0.317 e. The van der Waals surface area contributed by atoms with Crippen molar-refractivity contribution in [3.63, 3.8) is 0 Å². The van der Waals surface area contributed by atoms with E-state index in [1.807, 2.05) is 12.2 Å². The van der Waals surface area contributed by atoms with Gasteiger partial charge in [0.25, 0.3) is 0 Å². The number of piperidine rings is 1. The van der Waals surface area contributed by atoms with Crippen molar-refractivity contribution in [3.05, 3.63) is 37.0 Å². The molecule has 1 aliphatic rings. The minimum atomic E-state index is 0.735. The molecule has 1 aliphatic heterocycles. The third-order valence-corrected chi connectivity index (χ3v) is 3.86. The molecule has 1 rings (SSSR count). The van der Waals surface area contributed by atoms with Gasteiger partial charge in [0, 0.05) is 19.1 Å². The van der Waals surface area contributed by atoms with Crippen molar-refractivity contribution in [3.8, 4) is 0 Å². The molecule has 0 aliphatic carbocycles. The van der Waals surface area contributed by atoms with Crippen molar-refractivity contribution in [1.29, 1.82) is 0 Å². The molecule has 0 bridgehead atoms. The van der Waals surface area contributed by atoms with Gasteiger partial charge in [-0.15, -0.1) is 0 Å². The highest BCUT2D eigenvalue weighted by Gasteiger charge is 2.21. The fourth-order valence-corrected chi connectivity index (χ4v) is 2.80. The van der Waals surface area contributed by atoms with Gasteiger partial charge in [-0.25, -0.2) is 0 Å². The summed E-state index contributed by atoms with van der Waals surface area (Å²) in [5.74, 6) is 0.735. The average molecular weight is 325 g/mol. The molecule has 3 heteroatoms. The molecule has 0 aromatic carbocycles. The monoisotopic (exact) mass is 324 g/mol. The van der Waals surface area contributed by atoms with Gasteiger partial charge in [-0.3, -0.25) is 4.90 Å². The second-order valence-corrected chi connectivity index (χ2v) is 6.24. The van der Waals surface area contributed by atoms with Gasteiger partial charge in [0.2, 0.25) is 0 Å². The van der Waals surface area contributed by atoms with Crippen LogP contribution in [-0.2, 0) is 0 Å². The Bertz CT molecular complexity index is 317. The maximum absolute atomic E-state index is 4.20. The maximum Gasteiger partial charge on any atom is 0.0120 e. The quantitative estimate of drug-likeness (QED) is 0.373. The molecule has 22 heavy (non-hydrogen) atoms. The fraction of sp³-hybridized carbons (Fsp3) is 0.684. The van der Waals surface area contributed by atoms with Crippen molar-refractivity contribution >= 4 is 12.6 Å². The molecule has 0 amide bonds. The highest BCUT2D eigenvalue weighted by atomic mass is 32.1. The molecule has 1 heterocycles. The van der Waals surface area contributed by atoms with Gasteiger partial charge in [0.1, 0.15) is 0 Å². The van der Waals surface area contributed by atoms with Crippen LogP contribution in [0.25, 0.3) is 0 Å². The molecule has 0 aromatic heterocycles. The zero-order valence-corrected chi connectivity index (χ0v) is 15.7. The molecule has 1 saturated heterocycles. The molecular formula is C19H36N2S. The molecule has 0 saturated carbocycles. The Morgan fingerprint density at radius 3 is 2.50 bits per heavy atom. The number of hydrogen-bond donors (Lipinski definition) is 2. The second kappa shape index (κ2) is 14.1. The van der Waals surface area contributed by atoms with E-state index in [0.29, 0.717) is 0 Å². The summed E-state index contributed by atoms with van der Waals surface area (Å²) in [5, 5.41) is 3.46. The van der Waals surface area contributed by atoms with Crippen molar-refractivity contribution < 1.29 is 0 Å². The molecule has 0 spiro atoms. The number of nitrogens with one attached hydrogen (secondary N) is 1. The van der Waals surface area contributed by atoms with Crippen LogP contribution in [0.5, 0.6) is 0 Å². The van der Waals surface area contributed by atoms with Crippen molar-refractivity contribution in [1.82, 2.24) is 10.2 Å². The highest BCUT2D eigenvalue weighted by Crippen LogP contribution is 2.16. The van der Waals surface area contributed by atoms with Crippen molar-refractivity contribution in [2.75, 3.05) is 32.4 Å². The first kappa shape index (κ1) is 21.5. The van der Waals surface area contributed by atoms with Crippen LogP contribution >= 0.6 is 12.6 Å². The lowest BCUT2D eigenvalue weighted by atomic mass is 10.0. The molecule has 0 radical (unpaired) electrons. The van der Waals surface area contributed by atoms with Gasteiger partial charge < -0.3 is 5.32 Å². The third-order valence-electron chi connectivity index (χ3n) is 3.86. The van der Waals surface area contributed by atoms with Crippen LogP contribution in [-0.4, -0.2) is 43.4 Å².